The zero-order chi connectivity index (χ0) is 20.4. The zero-order valence-electron chi connectivity index (χ0n) is 14.6. The number of thiazole rings is 1. The highest BCUT2D eigenvalue weighted by Gasteiger charge is 2.14. The van der Waals surface area contributed by atoms with Gasteiger partial charge in [0.05, 0.1) is 16.9 Å². The minimum atomic E-state index is -0.785. The third kappa shape index (κ3) is 3.77. The summed E-state index contributed by atoms with van der Waals surface area (Å²) in [6.07, 6.45) is 1.28. The summed E-state index contributed by atoms with van der Waals surface area (Å²) in [7, 11) is 0. The van der Waals surface area contributed by atoms with Crippen LogP contribution >= 0.6 is 11.3 Å². The van der Waals surface area contributed by atoms with Crippen molar-refractivity contribution in [1.29, 1.82) is 5.26 Å². The fraction of sp³-hybridized carbons (Fsp3) is 0. The smallest absolute Gasteiger partial charge is 0.345 e. The van der Waals surface area contributed by atoms with E-state index in [-0.39, 0.29) is 16.8 Å². The molecular weight excluding hydrogens is 396 g/mol. The van der Waals surface area contributed by atoms with E-state index in [0.29, 0.717) is 16.3 Å². The van der Waals surface area contributed by atoms with E-state index in [1.54, 1.807) is 23.6 Å². The van der Waals surface area contributed by atoms with Gasteiger partial charge < -0.3 is 9.73 Å². The van der Waals surface area contributed by atoms with Crippen molar-refractivity contribution in [3.05, 3.63) is 87.2 Å². The Morgan fingerprint density at radius 3 is 2.83 bits per heavy atom. The highest BCUT2D eigenvalue weighted by molar-refractivity contribution is 7.11. The first-order chi connectivity index (χ1) is 14.0. The lowest BCUT2D eigenvalue weighted by molar-refractivity contribution is 0.563. The van der Waals surface area contributed by atoms with Gasteiger partial charge in [-0.05, 0) is 24.3 Å². The minimum Gasteiger partial charge on any atom is -0.422 e. The number of fused-ring (bicyclic) bond motifs is 1. The van der Waals surface area contributed by atoms with Gasteiger partial charge in [0.1, 0.15) is 33.9 Å². The number of nitrogens with zero attached hydrogens (tertiary/aromatic N) is 2. The van der Waals surface area contributed by atoms with Crippen molar-refractivity contribution in [1.82, 2.24) is 4.98 Å². The molecule has 4 aromatic rings. The predicted octanol–water partition coefficient (Wildman–Crippen LogP) is 5.17. The van der Waals surface area contributed by atoms with E-state index in [1.807, 2.05) is 18.2 Å². The molecule has 4 rings (SSSR count). The van der Waals surface area contributed by atoms with Crippen LogP contribution in [0.1, 0.15) is 5.01 Å². The molecule has 0 aliphatic heterocycles. The van der Waals surface area contributed by atoms with Crippen LogP contribution in [-0.4, -0.2) is 4.98 Å². The van der Waals surface area contributed by atoms with Gasteiger partial charge in [-0.3, -0.25) is 0 Å². The van der Waals surface area contributed by atoms with Crippen LogP contribution < -0.4 is 10.9 Å². The van der Waals surface area contributed by atoms with Crippen molar-refractivity contribution < 1.29 is 13.2 Å². The lowest BCUT2D eigenvalue weighted by atomic mass is 10.1. The average molecular weight is 407 g/mol. The van der Waals surface area contributed by atoms with Crippen LogP contribution in [0.25, 0.3) is 27.8 Å². The molecule has 0 atom stereocenters. The molecule has 142 valence electrons. The van der Waals surface area contributed by atoms with Crippen LogP contribution in [0, 0.1) is 23.0 Å². The number of para-hydroxylation sites is 1. The topological polar surface area (TPSA) is 78.9 Å². The summed E-state index contributed by atoms with van der Waals surface area (Å²) in [5.41, 5.74) is 0.746. The number of halogens is 2. The summed E-state index contributed by atoms with van der Waals surface area (Å²) in [4.78, 5) is 16.6. The molecule has 29 heavy (non-hydrogen) atoms. The van der Waals surface area contributed by atoms with Gasteiger partial charge in [0.2, 0.25) is 0 Å². The first-order valence-electron chi connectivity index (χ1n) is 8.36. The number of nitriles is 1. The number of hydrogen-bond acceptors (Lipinski definition) is 6. The van der Waals surface area contributed by atoms with Crippen LogP contribution in [0.15, 0.2) is 69.3 Å². The van der Waals surface area contributed by atoms with Gasteiger partial charge in [0, 0.05) is 23.0 Å². The number of nitrogens with one attached hydrogen (secondary N) is 1. The molecule has 2 aromatic carbocycles. The Hall–Kier alpha value is -3.83. The Morgan fingerprint density at radius 2 is 2.03 bits per heavy atom. The number of aromatic nitrogens is 1. The SMILES string of the molecule is N#C/C(=C/Nc1ccc(F)cc1F)c1nc(-c2cc3ccccc3oc2=O)cs1. The van der Waals surface area contributed by atoms with Crippen molar-refractivity contribution in [2.45, 2.75) is 0 Å². The summed E-state index contributed by atoms with van der Waals surface area (Å²) in [5, 5.41) is 14.8. The molecule has 0 bridgehead atoms. The number of rotatable bonds is 4. The zero-order valence-corrected chi connectivity index (χ0v) is 15.5. The van der Waals surface area contributed by atoms with E-state index in [1.165, 1.54) is 12.3 Å². The monoisotopic (exact) mass is 407 g/mol. The second-order valence-corrected chi connectivity index (χ2v) is 6.82. The average Bonchev–Trinajstić information content (AvgIpc) is 3.19. The van der Waals surface area contributed by atoms with Crippen LogP contribution in [0.2, 0.25) is 0 Å². The predicted molar refractivity (Wildman–Crippen MR) is 107 cm³/mol. The van der Waals surface area contributed by atoms with Crippen LogP contribution in [-0.2, 0) is 0 Å². The van der Waals surface area contributed by atoms with Crippen molar-refractivity contribution in [3.8, 4) is 17.3 Å². The summed E-state index contributed by atoms with van der Waals surface area (Å²) in [5.74, 6) is -1.48. The normalized spacial score (nSPS) is 11.4. The maximum Gasteiger partial charge on any atom is 0.345 e. The Bertz CT molecular complexity index is 1350. The van der Waals surface area contributed by atoms with E-state index in [9.17, 15) is 18.8 Å². The quantitative estimate of drug-likeness (QED) is 0.373. The molecule has 0 aliphatic carbocycles. The van der Waals surface area contributed by atoms with Crippen LogP contribution in [0.3, 0.4) is 0 Å². The van der Waals surface area contributed by atoms with E-state index in [2.05, 4.69) is 10.3 Å². The van der Waals surface area contributed by atoms with Gasteiger partial charge in [-0.15, -0.1) is 11.3 Å². The van der Waals surface area contributed by atoms with Crippen molar-refractivity contribution in [3.63, 3.8) is 0 Å². The third-order valence-corrected chi connectivity index (χ3v) is 4.95. The summed E-state index contributed by atoms with van der Waals surface area (Å²) >= 11 is 1.16. The first kappa shape index (κ1) is 18.5. The molecule has 1 N–H and O–H groups in total. The van der Waals surface area contributed by atoms with Gasteiger partial charge in [0.15, 0.2) is 0 Å². The lowest BCUT2D eigenvalue weighted by Crippen LogP contribution is -2.03. The Morgan fingerprint density at radius 1 is 1.21 bits per heavy atom. The summed E-state index contributed by atoms with van der Waals surface area (Å²) in [6, 6.07) is 13.8. The maximum atomic E-state index is 13.7. The van der Waals surface area contributed by atoms with Crippen LogP contribution in [0.4, 0.5) is 14.5 Å². The van der Waals surface area contributed by atoms with Crippen molar-refractivity contribution >= 4 is 33.6 Å². The van der Waals surface area contributed by atoms with Crippen molar-refractivity contribution in [2.24, 2.45) is 0 Å². The molecule has 0 spiro atoms. The highest BCUT2D eigenvalue weighted by atomic mass is 32.1. The minimum absolute atomic E-state index is 0.0195. The molecule has 0 saturated heterocycles. The Kier molecular flexibility index (Phi) is 4.89. The van der Waals surface area contributed by atoms with Gasteiger partial charge in [0.25, 0.3) is 0 Å². The van der Waals surface area contributed by atoms with Gasteiger partial charge in [-0.1, -0.05) is 18.2 Å². The molecule has 0 unspecified atom stereocenters. The summed E-state index contributed by atoms with van der Waals surface area (Å²) in [6.45, 7) is 0. The van der Waals surface area contributed by atoms with Gasteiger partial charge in [-0.2, -0.15) is 5.26 Å². The molecule has 2 heterocycles. The summed E-state index contributed by atoms with van der Waals surface area (Å²) < 4.78 is 32.0. The highest BCUT2D eigenvalue weighted by Crippen LogP contribution is 2.26. The van der Waals surface area contributed by atoms with E-state index in [4.69, 9.17) is 4.42 Å². The third-order valence-electron chi connectivity index (χ3n) is 4.08. The second kappa shape index (κ2) is 7.66. The maximum absolute atomic E-state index is 13.7. The Labute approximate surface area is 167 Å². The molecule has 5 nitrogen and oxygen atoms in total. The molecular formula is C21H11F2N3O2S. The largest absolute Gasteiger partial charge is 0.422 e. The molecule has 2 aromatic heterocycles. The van der Waals surface area contributed by atoms with Crippen LogP contribution in [0.5, 0.6) is 0 Å². The standard InChI is InChI=1S/C21H11F2N3O2S/c22-14-5-6-17(16(23)8-14)25-10-13(9-24)20-26-18(11-29-20)15-7-12-3-1-2-4-19(12)28-21(15)27/h1-8,10-11,25H/b13-10-. The molecule has 0 fully saturated rings. The molecule has 0 aliphatic rings. The molecule has 8 heteroatoms. The van der Waals surface area contributed by atoms with Gasteiger partial charge in [-0.25, -0.2) is 18.6 Å². The lowest BCUT2D eigenvalue weighted by Gasteiger charge is -2.03. The fourth-order valence-corrected chi connectivity index (χ4v) is 3.45. The molecule has 0 saturated carbocycles. The van der Waals surface area contributed by atoms with Gasteiger partial charge >= 0.3 is 5.63 Å². The number of benzene rings is 2. The number of hydrogen-bond donors (Lipinski definition) is 1. The number of allylic oxidation sites excluding steroid dienone is 1. The van der Waals surface area contributed by atoms with Crippen molar-refractivity contribution in [2.75, 3.05) is 5.32 Å². The Balaban J connectivity index is 1.66. The van der Waals surface area contributed by atoms with E-state index < -0.39 is 17.3 Å². The van der Waals surface area contributed by atoms with E-state index >= 15 is 0 Å². The number of anilines is 1. The second-order valence-electron chi connectivity index (χ2n) is 5.96. The molecule has 0 radical (unpaired) electrons. The molecule has 0 amide bonds. The van der Waals surface area contributed by atoms with E-state index in [0.717, 1.165) is 28.9 Å². The fourth-order valence-electron chi connectivity index (χ4n) is 2.66. The first-order valence-corrected chi connectivity index (χ1v) is 9.24.